The standard InChI is InChI=1S/C15H22N2O2.ClH/c1-2-12(18)8-10-17-15(19)14-13-6-4-3-5-11(13)7-9-16-14;/h3-6,12,14,16,18H,2,7-10H2,1H3,(H,17,19);1H. The molecule has 1 aliphatic rings. The van der Waals surface area contributed by atoms with Crippen molar-refractivity contribution in [2.75, 3.05) is 13.1 Å². The lowest BCUT2D eigenvalue weighted by atomic mass is 9.94. The van der Waals surface area contributed by atoms with E-state index >= 15 is 0 Å². The average Bonchev–Trinajstić information content (AvgIpc) is 2.46. The number of aliphatic hydroxyl groups is 1. The molecule has 0 aliphatic carbocycles. The highest BCUT2D eigenvalue weighted by Gasteiger charge is 2.25. The Hall–Kier alpha value is -1.10. The number of carbonyl (C=O) groups excluding carboxylic acids is 1. The zero-order valence-corrected chi connectivity index (χ0v) is 12.6. The number of aliphatic hydroxyl groups excluding tert-OH is 1. The minimum atomic E-state index is -0.327. The maximum absolute atomic E-state index is 12.2. The van der Waals surface area contributed by atoms with Gasteiger partial charge in [-0.15, -0.1) is 12.4 Å². The summed E-state index contributed by atoms with van der Waals surface area (Å²) in [4.78, 5) is 12.2. The van der Waals surface area contributed by atoms with Crippen LogP contribution in [0.3, 0.4) is 0 Å². The van der Waals surface area contributed by atoms with E-state index in [-0.39, 0.29) is 30.5 Å². The van der Waals surface area contributed by atoms with Crippen molar-refractivity contribution in [1.82, 2.24) is 10.6 Å². The topological polar surface area (TPSA) is 61.4 Å². The number of amides is 1. The van der Waals surface area contributed by atoms with Crippen LogP contribution in [0.4, 0.5) is 0 Å². The van der Waals surface area contributed by atoms with Crippen LogP contribution in [0.25, 0.3) is 0 Å². The van der Waals surface area contributed by atoms with Gasteiger partial charge in [-0.25, -0.2) is 0 Å². The summed E-state index contributed by atoms with van der Waals surface area (Å²) >= 11 is 0. The van der Waals surface area contributed by atoms with Crippen LogP contribution >= 0.6 is 12.4 Å². The Morgan fingerprint density at radius 2 is 2.25 bits per heavy atom. The molecule has 1 aromatic carbocycles. The second-order valence-electron chi connectivity index (χ2n) is 4.98. The maximum atomic E-state index is 12.2. The third-order valence-electron chi connectivity index (χ3n) is 3.62. The summed E-state index contributed by atoms with van der Waals surface area (Å²) < 4.78 is 0. The SMILES string of the molecule is CCC(O)CCNC(=O)C1NCCc2ccccc21.Cl. The van der Waals surface area contributed by atoms with Gasteiger partial charge in [0.1, 0.15) is 6.04 Å². The van der Waals surface area contributed by atoms with Gasteiger partial charge in [-0.3, -0.25) is 4.79 Å². The van der Waals surface area contributed by atoms with Crippen LogP contribution in [0.5, 0.6) is 0 Å². The highest BCUT2D eigenvalue weighted by molar-refractivity contribution is 5.85. The summed E-state index contributed by atoms with van der Waals surface area (Å²) in [5.41, 5.74) is 2.32. The number of nitrogens with one attached hydrogen (secondary N) is 2. The molecule has 0 fully saturated rings. The number of fused-ring (bicyclic) bond motifs is 1. The van der Waals surface area contributed by atoms with Crippen molar-refractivity contribution in [2.24, 2.45) is 0 Å². The van der Waals surface area contributed by atoms with Crippen LogP contribution in [0.2, 0.25) is 0 Å². The van der Waals surface area contributed by atoms with Crippen molar-refractivity contribution in [3.63, 3.8) is 0 Å². The van der Waals surface area contributed by atoms with Gasteiger partial charge in [0.05, 0.1) is 6.10 Å². The summed E-state index contributed by atoms with van der Waals surface area (Å²) in [6.45, 7) is 3.28. The lowest BCUT2D eigenvalue weighted by Gasteiger charge is -2.26. The first-order valence-electron chi connectivity index (χ1n) is 6.99. The van der Waals surface area contributed by atoms with E-state index < -0.39 is 0 Å². The predicted molar refractivity (Wildman–Crippen MR) is 82.1 cm³/mol. The summed E-state index contributed by atoms with van der Waals surface area (Å²) in [6, 6.07) is 7.80. The van der Waals surface area contributed by atoms with Gasteiger partial charge < -0.3 is 15.7 Å². The lowest BCUT2D eigenvalue weighted by Crippen LogP contribution is -2.42. The third kappa shape index (κ3) is 4.20. The van der Waals surface area contributed by atoms with E-state index in [4.69, 9.17) is 0 Å². The van der Waals surface area contributed by atoms with Crippen molar-refractivity contribution >= 4 is 18.3 Å². The van der Waals surface area contributed by atoms with E-state index in [0.29, 0.717) is 13.0 Å². The van der Waals surface area contributed by atoms with Crippen molar-refractivity contribution in [1.29, 1.82) is 0 Å². The van der Waals surface area contributed by atoms with Crippen LogP contribution in [0.1, 0.15) is 36.9 Å². The quantitative estimate of drug-likeness (QED) is 0.773. The van der Waals surface area contributed by atoms with E-state index in [1.807, 2.05) is 25.1 Å². The van der Waals surface area contributed by atoms with Gasteiger partial charge in [0, 0.05) is 13.1 Å². The Kier molecular flexibility index (Phi) is 6.99. The highest BCUT2D eigenvalue weighted by atomic mass is 35.5. The van der Waals surface area contributed by atoms with Gasteiger partial charge >= 0.3 is 0 Å². The Morgan fingerprint density at radius 3 is 3.00 bits per heavy atom. The van der Waals surface area contributed by atoms with Gasteiger partial charge in [-0.1, -0.05) is 31.2 Å². The Balaban J connectivity index is 0.00000200. The number of benzene rings is 1. The van der Waals surface area contributed by atoms with Gasteiger partial charge in [0.25, 0.3) is 0 Å². The molecule has 1 aromatic rings. The first-order valence-corrected chi connectivity index (χ1v) is 6.99. The molecule has 0 saturated heterocycles. The van der Waals surface area contributed by atoms with Crippen LogP contribution in [-0.4, -0.2) is 30.2 Å². The molecule has 0 bridgehead atoms. The Labute approximate surface area is 126 Å². The van der Waals surface area contributed by atoms with E-state index in [1.165, 1.54) is 5.56 Å². The molecule has 0 aromatic heterocycles. The molecule has 2 rings (SSSR count). The molecule has 0 radical (unpaired) electrons. The number of carbonyl (C=O) groups is 1. The molecule has 2 atom stereocenters. The van der Waals surface area contributed by atoms with E-state index in [0.717, 1.165) is 24.9 Å². The molecule has 112 valence electrons. The Bertz CT molecular complexity index is 440. The molecule has 1 heterocycles. The monoisotopic (exact) mass is 298 g/mol. The van der Waals surface area contributed by atoms with Gasteiger partial charge in [0.2, 0.25) is 5.91 Å². The molecular weight excluding hydrogens is 276 g/mol. The number of halogens is 1. The minimum absolute atomic E-state index is 0. The number of hydrogen-bond acceptors (Lipinski definition) is 3. The maximum Gasteiger partial charge on any atom is 0.241 e. The van der Waals surface area contributed by atoms with Crippen molar-refractivity contribution < 1.29 is 9.90 Å². The molecule has 0 spiro atoms. The summed E-state index contributed by atoms with van der Waals surface area (Å²) in [5.74, 6) is -0.00421. The van der Waals surface area contributed by atoms with Gasteiger partial charge in [-0.05, 0) is 30.4 Å². The van der Waals surface area contributed by atoms with Crippen molar-refractivity contribution in [3.05, 3.63) is 35.4 Å². The summed E-state index contributed by atoms with van der Waals surface area (Å²) in [6.07, 6.45) is 1.97. The second kappa shape index (κ2) is 8.25. The molecule has 4 nitrogen and oxygen atoms in total. The highest BCUT2D eigenvalue weighted by Crippen LogP contribution is 2.22. The predicted octanol–water partition coefficient (Wildman–Crippen LogP) is 1.57. The van der Waals surface area contributed by atoms with E-state index in [2.05, 4.69) is 16.7 Å². The molecule has 0 saturated carbocycles. The average molecular weight is 299 g/mol. The van der Waals surface area contributed by atoms with Gasteiger partial charge in [0.15, 0.2) is 0 Å². The zero-order chi connectivity index (χ0) is 13.7. The van der Waals surface area contributed by atoms with Crippen LogP contribution in [0, 0.1) is 0 Å². The normalized spacial score (nSPS) is 18.6. The minimum Gasteiger partial charge on any atom is -0.393 e. The van der Waals surface area contributed by atoms with E-state index in [9.17, 15) is 9.90 Å². The molecule has 1 aliphatic heterocycles. The second-order valence-corrected chi connectivity index (χ2v) is 4.98. The Morgan fingerprint density at radius 1 is 1.50 bits per heavy atom. The fourth-order valence-electron chi connectivity index (χ4n) is 2.41. The lowest BCUT2D eigenvalue weighted by molar-refractivity contribution is -0.123. The van der Waals surface area contributed by atoms with Crippen molar-refractivity contribution in [3.8, 4) is 0 Å². The summed E-state index contributed by atoms with van der Waals surface area (Å²) in [7, 11) is 0. The smallest absolute Gasteiger partial charge is 0.241 e. The summed E-state index contributed by atoms with van der Waals surface area (Å²) in [5, 5.41) is 15.6. The van der Waals surface area contributed by atoms with Crippen LogP contribution < -0.4 is 10.6 Å². The molecule has 20 heavy (non-hydrogen) atoms. The first kappa shape index (κ1) is 17.0. The third-order valence-corrected chi connectivity index (χ3v) is 3.62. The zero-order valence-electron chi connectivity index (χ0n) is 11.8. The fourth-order valence-corrected chi connectivity index (χ4v) is 2.41. The largest absolute Gasteiger partial charge is 0.393 e. The molecule has 5 heteroatoms. The first-order chi connectivity index (χ1) is 9.22. The van der Waals surface area contributed by atoms with E-state index in [1.54, 1.807) is 0 Å². The number of rotatable bonds is 5. The van der Waals surface area contributed by atoms with Crippen LogP contribution in [-0.2, 0) is 11.2 Å². The molecule has 1 amide bonds. The van der Waals surface area contributed by atoms with Crippen LogP contribution in [0.15, 0.2) is 24.3 Å². The van der Waals surface area contributed by atoms with Crippen molar-refractivity contribution in [2.45, 2.75) is 38.3 Å². The fraction of sp³-hybridized carbons (Fsp3) is 0.533. The molecule has 2 unspecified atom stereocenters. The number of hydrogen-bond donors (Lipinski definition) is 3. The molecule has 3 N–H and O–H groups in total. The molecular formula is C15H23ClN2O2. The van der Waals surface area contributed by atoms with Gasteiger partial charge in [-0.2, -0.15) is 0 Å².